The van der Waals surface area contributed by atoms with E-state index in [0.29, 0.717) is 44.5 Å². The lowest BCUT2D eigenvalue weighted by molar-refractivity contribution is 0.281. The van der Waals surface area contributed by atoms with Gasteiger partial charge < -0.3 is 9.05 Å². The van der Waals surface area contributed by atoms with E-state index in [1.54, 1.807) is 6.07 Å². The van der Waals surface area contributed by atoms with Crippen LogP contribution >= 0.6 is 15.6 Å². The van der Waals surface area contributed by atoms with E-state index in [1.807, 2.05) is 122 Å². The van der Waals surface area contributed by atoms with Gasteiger partial charge in [-0.25, -0.2) is 9.13 Å². The van der Waals surface area contributed by atoms with Gasteiger partial charge in [-0.2, -0.15) is 0 Å². The van der Waals surface area contributed by atoms with Crippen LogP contribution in [0.3, 0.4) is 0 Å². The second-order valence-corrected chi connectivity index (χ2v) is 14.9. The summed E-state index contributed by atoms with van der Waals surface area (Å²) in [7, 11) is -10.6. The molecule has 0 radical (unpaired) electrons. The molecule has 5 rings (SSSR count). The zero-order valence-electron chi connectivity index (χ0n) is 28.2. The van der Waals surface area contributed by atoms with Crippen molar-refractivity contribution in [1.29, 1.82) is 0 Å². The van der Waals surface area contributed by atoms with Gasteiger partial charge in [-0.1, -0.05) is 95.1 Å². The molecule has 5 aromatic carbocycles. The van der Waals surface area contributed by atoms with Crippen LogP contribution in [-0.4, -0.2) is 19.6 Å². The van der Waals surface area contributed by atoms with Crippen molar-refractivity contribution in [3.63, 3.8) is 0 Å². The van der Waals surface area contributed by atoms with Crippen LogP contribution in [0.25, 0.3) is 44.5 Å². The lowest BCUT2D eigenvalue weighted by atomic mass is 9.79. The van der Waals surface area contributed by atoms with Gasteiger partial charge in [-0.05, 0) is 99.9 Å². The first-order chi connectivity index (χ1) is 22.3. The summed E-state index contributed by atoms with van der Waals surface area (Å²) in [6.07, 6.45) is 0. The topological polar surface area (TPSA) is 134 Å². The van der Waals surface area contributed by atoms with Crippen molar-refractivity contribution in [2.45, 2.75) is 55.4 Å². The number of rotatable bonds is 8. The fourth-order valence-corrected chi connectivity index (χ4v) is 7.37. The third-order valence-electron chi connectivity index (χ3n) is 8.43. The Morgan fingerprint density at radius 2 is 0.646 bits per heavy atom. The molecule has 0 amide bonds. The molecule has 0 aromatic heterocycles. The molecule has 0 aliphatic carbocycles. The maximum Gasteiger partial charge on any atom is 0.524 e. The van der Waals surface area contributed by atoms with E-state index >= 15 is 0 Å². The Bertz CT molecular complexity index is 2070. The summed E-state index contributed by atoms with van der Waals surface area (Å²) < 4.78 is 37.2. The first-order valence-corrected chi connectivity index (χ1v) is 18.5. The van der Waals surface area contributed by atoms with Crippen LogP contribution < -0.4 is 9.05 Å². The van der Waals surface area contributed by atoms with Gasteiger partial charge in [0.15, 0.2) is 11.5 Å². The smallest absolute Gasteiger partial charge is 0.403 e. The minimum absolute atomic E-state index is 0.0117. The quantitative estimate of drug-likeness (QED) is 0.119. The average molecular weight is 687 g/mol. The fourth-order valence-electron chi connectivity index (χ4n) is 6.53. The summed E-state index contributed by atoms with van der Waals surface area (Å²) in [5.74, 6) is -0.511. The van der Waals surface area contributed by atoms with E-state index in [0.717, 1.165) is 38.9 Å². The standard InChI is InChI=1S/C38H40O8P2/c1-21-9-13-29(25(5)17-21)33-34(30-14-10-22(2)18-26(30)6)37(45-47(39,40)41)36(32-16-12-24(4)20-28(32)8)38(46-48(42,43)44)35(33)31-15-11-23(3)19-27(31)7/h9-20H,1-8H3,(H2,39,40,41)(H2,42,43,44). The number of phosphoric ester groups is 2. The summed E-state index contributed by atoms with van der Waals surface area (Å²) in [6.45, 7) is 15.3. The highest BCUT2D eigenvalue weighted by Crippen LogP contribution is 2.62. The van der Waals surface area contributed by atoms with Gasteiger partial charge in [0.05, 0.1) is 5.56 Å². The predicted molar refractivity (Wildman–Crippen MR) is 191 cm³/mol. The van der Waals surface area contributed by atoms with Crippen LogP contribution in [0.1, 0.15) is 44.5 Å². The number of hydrogen-bond acceptors (Lipinski definition) is 4. The molecule has 0 saturated heterocycles. The van der Waals surface area contributed by atoms with E-state index in [4.69, 9.17) is 9.05 Å². The molecule has 5 aromatic rings. The van der Waals surface area contributed by atoms with E-state index in [-0.39, 0.29) is 17.1 Å². The first-order valence-electron chi connectivity index (χ1n) is 15.4. The molecule has 250 valence electrons. The maximum absolute atomic E-state index is 12.9. The molecule has 0 spiro atoms. The normalized spacial score (nSPS) is 11.9. The highest BCUT2D eigenvalue weighted by molar-refractivity contribution is 7.47. The van der Waals surface area contributed by atoms with Crippen LogP contribution in [0.2, 0.25) is 0 Å². The van der Waals surface area contributed by atoms with Gasteiger partial charge in [0.2, 0.25) is 0 Å². The summed E-state index contributed by atoms with van der Waals surface area (Å²) in [5, 5.41) is 0. The number of aryl methyl sites for hydroxylation is 8. The molecule has 0 fully saturated rings. The van der Waals surface area contributed by atoms with Crippen molar-refractivity contribution in [2.24, 2.45) is 0 Å². The zero-order chi connectivity index (χ0) is 35.3. The SMILES string of the molecule is Cc1ccc(-c2c(OP(=O)(O)O)c(-c3ccc(C)cc3C)c(-c3ccc(C)cc3C)c(-c3ccc(C)cc3C)c2OP(=O)(O)O)c(C)c1. The minimum atomic E-state index is -5.29. The Labute approximate surface area is 281 Å². The molecule has 10 heteroatoms. The molecular weight excluding hydrogens is 646 g/mol. The Hall–Kier alpha value is -4.00. The van der Waals surface area contributed by atoms with Gasteiger partial charge in [0, 0.05) is 16.7 Å². The van der Waals surface area contributed by atoms with Crippen molar-refractivity contribution < 1.29 is 37.8 Å². The number of hydrogen-bond donors (Lipinski definition) is 4. The molecule has 8 nitrogen and oxygen atoms in total. The van der Waals surface area contributed by atoms with Crippen LogP contribution in [0.5, 0.6) is 11.5 Å². The molecule has 0 bridgehead atoms. The van der Waals surface area contributed by atoms with Crippen LogP contribution in [0, 0.1) is 55.4 Å². The number of phosphoric acid groups is 2. The van der Waals surface area contributed by atoms with E-state index in [9.17, 15) is 28.7 Å². The highest BCUT2D eigenvalue weighted by Gasteiger charge is 2.36. The van der Waals surface area contributed by atoms with Crippen molar-refractivity contribution >= 4 is 15.6 Å². The van der Waals surface area contributed by atoms with Gasteiger partial charge >= 0.3 is 15.6 Å². The molecular formula is C38H40O8P2. The second kappa shape index (κ2) is 13.1. The summed E-state index contributed by atoms with van der Waals surface area (Å²) in [4.78, 5) is 41.9. The van der Waals surface area contributed by atoms with Crippen LogP contribution in [0.4, 0.5) is 0 Å². The Morgan fingerprint density at radius 1 is 0.396 bits per heavy atom. The Balaban J connectivity index is 2.23. The Kier molecular flexibility index (Phi) is 9.66. The van der Waals surface area contributed by atoms with Crippen molar-refractivity contribution in [2.75, 3.05) is 0 Å². The third kappa shape index (κ3) is 7.35. The average Bonchev–Trinajstić information content (AvgIpc) is 2.93. The summed E-state index contributed by atoms with van der Waals surface area (Å²) in [5.41, 5.74) is 10.5. The molecule has 48 heavy (non-hydrogen) atoms. The molecule has 0 aliphatic heterocycles. The lowest BCUT2D eigenvalue weighted by Gasteiger charge is -2.29. The third-order valence-corrected chi connectivity index (χ3v) is 9.27. The predicted octanol–water partition coefficient (Wildman–Crippen LogP) is 9.76. The van der Waals surface area contributed by atoms with Crippen molar-refractivity contribution in [3.8, 4) is 56.0 Å². The summed E-state index contributed by atoms with van der Waals surface area (Å²) in [6, 6.07) is 22.7. The molecule has 0 saturated carbocycles. The first kappa shape index (κ1) is 35.3. The van der Waals surface area contributed by atoms with Crippen molar-refractivity contribution in [1.82, 2.24) is 0 Å². The van der Waals surface area contributed by atoms with E-state index < -0.39 is 15.6 Å². The molecule has 4 N–H and O–H groups in total. The zero-order valence-corrected chi connectivity index (χ0v) is 30.0. The molecule has 0 heterocycles. The summed E-state index contributed by atoms with van der Waals surface area (Å²) >= 11 is 0. The van der Waals surface area contributed by atoms with E-state index in [2.05, 4.69) is 0 Å². The fraction of sp³-hybridized carbons (Fsp3) is 0.211. The molecule has 0 aliphatic rings. The van der Waals surface area contributed by atoms with Crippen LogP contribution in [-0.2, 0) is 9.13 Å². The Morgan fingerprint density at radius 3 is 0.896 bits per heavy atom. The largest absolute Gasteiger partial charge is 0.524 e. The van der Waals surface area contributed by atoms with Gasteiger partial charge in [0.25, 0.3) is 0 Å². The highest BCUT2D eigenvalue weighted by atomic mass is 31.2. The molecule has 0 atom stereocenters. The lowest BCUT2D eigenvalue weighted by Crippen LogP contribution is -2.06. The monoisotopic (exact) mass is 686 g/mol. The minimum Gasteiger partial charge on any atom is -0.403 e. The van der Waals surface area contributed by atoms with Gasteiger partial charge in [-0.15, -0.1) is 0 Å². The van der Waals surface area contributed by atoms with Gasteiger partial charge in [0.1, 0.15) is 0 Å². The van der Waals surface area contributed by atoms with Gasteiger partial charge in [-0.3, -0.25) is 19.6 Å². The second-order valence-electron chi connectivity index (χ2n) is 12.6. The van der Waals surface area contributed by atoms with E-state index in [1.165, 1.54) is 0 Å². The maximum atomic E-state index is 12.9. The van der Waals surface area contributed by atoms with Crippen LogP contribution in [0.15, 0.2) is 72.8 Å². The van der Waals surface area contributed by atoms with Crippen molar-refractivity contribution in [3.05, 3.63) is 117 Å². The number of benzene rings is 5. The molecule has 0 unspecified atom stereocenters.